The molecular weight excluding hydrogens is 282 g/mol. The van der Waals surface area contributed by atoms with Gasteiger partial charge in [-0.2, -0.15) is 0 Å². The minimum atomic E-state index is 0.585. The molecule has 2 aliphatic rings. The normalized spacial score (nSPS) is 23.7. The largest absolute Gasteiger partial charge is 0.356 e. The second kappa shape index (κ2) is 8.68. The highest BCUT2D eigenvalue weighted by molar-refractivity contribution is 5.48. The summed E-state index contributed by atoms with van der Waals surface area (Å²) < 4.78 is 0. The number of nitrogens with zero attached hydrogens (tertiary/aromatic N) is 3. The molecule has 0 bridgehead atoms. The Kier molecular flexibility index (Phi) is 6.32. The highest BCUT2D eigenvalue weighted by Gasteiger charge is 2.27. The van der Waals surface area contributed by atoms with Crippen LogP contribution in [-0.4, -0.2) is 36.1 Å². The van der Waals surface area contributed by atoms with Crippen molar-refractivity contribution < 1.29 is 0 Å². The SMILES string of the molecule is CCCCN1CCCC[C@H]1c1cccnc1N1CCCCCC1. The lowest BCUT2D eigenvalue weighted by atomic mass is 9.95. The molecule has 3 heteroatoms. The second-order valence-electron chi connectivity index (χ2n) is 7.22. The summed E-state index contributed by atoms with van der Waals surface area (Å²) in [5.74, 6) is 1.28. The van der Waals surface area contributed by atoms with E-state index in [4.69, 9.17) is 4.98 Å². The molecule has 3 heterocycles. The summed E-state index contributed by atoms with van der Waals surface area (Å²) in [5.41, 5.74) is 1.49. The zero-order valence-corrected chi connectivity index (χ0v) is 14.8. The number of unbranched alkanes of at least 4 members (excludes halogenated alkanes) is 1. The molecule has 3 rings (SSSR count). The Balaban J connectivity index is 1.82. The van der Waals surface area contributed by atoms with Gasteiger partial charge in [-0.1, -0.05) is 38.7 Å². The third-order valence-electron chi connectivity index (χ3n) is 5.49. The molecule has 0 N–H and O–H groups in total. The van der Waals surface area contributed by atoms with Gasteiger partial charge in [-0.3, -0.25) is 4.90 Å². The van der Waals surface area contributed by atoms with E-state index in [0.29, 0.717) is 6.04 Å². The van der Waals surface area contributed by atoms with Crippen LogP contribution in [0.5, 0.6) is 0 Å². The molecule has 1 aromatic rings. The van der Waals surface area contributed by atoms with Crippen LogP contribution in [0, 0.1) is 0 Å². The van der Waals surface area contributed by atoms with E-state index in [1.165, 1.54) is 95.3 Å². The Bertz CT molecular complexity index is 466. The third kappa shape index (κ3) is 4.26. The van der Waals surface area contributed by atoms with Crippen molar-refractivity contribution in [3.05, 3.63) is 23.9 Å². The maximum Gasteiger partial charge on any atom is 0.133 e. The number of piperidine rings is 1. The van der Waals surface area contributed by atoms with Crippen molar-refractivity contribution in [1.82, 2.24) is 9.88 Å². The molecule has 1 aromatic heterocycles. The molecule has 1 atom stereocenters. The first-order chi connectivity index (χ1) is 11.4. The first-order valence-corrected chi connectivity index (χ1v) is 9.84. The van der Waals surface area contributed by atoms with Crippen molar-refractivity contribution in [2.45, 2.75) is 70.8 Å². The molecule has 2 saturated heterocycles. The van der Waals surface area contributed by atoms with E-state index in [9.17, 15) is 0 Å². The molecule has 128 valence electrons. The highest BCUT2D eigenvalue weighted by atomic mass is 15.2. The number of anilines is 1. The first kappa shape index (κ1) is 16.8. The van der Waals surface area contributed by atoms with Gasteiger partial charge in [0, 0.05) is 30.9 Å². The average molecular weight is 316 g/mol. The Morgan fingerprint density at radius 2 is 1.83 bits per heavy atom. The molecule has 0 saturated carbocycles. The van der Waals surface area contributed by atoms with Crippen molar-refractivity contribution in [1.29, 1.82) is 0 Å². The Labute approximate surface area is 142 Å². The minimum absolute atomic E-state index is 0.585. The van der Waals surface area contributed by atoms with Crippen LogP contribution < -0.4 is 4.90 Å². The molecule has 0 radical (unpaired) electrons. The fourth-order valence-corrected chi connectivity index (χ4v) is 4.19. The van der Waals surface area contributed by atoms with Crippen LogP contribution in [0.1, 0.15) is 76.3 Å². The van der Waals surface area contributed by atoms with Gasteiger partial charge in [-0.05, 0) is 51.3 Å². The number of hydrogen-bond acceptors (Lipinski definition) is 3. The van der Waals surface area contributed by atoms with Gasteiger partial charge in [-0.15, -0.1) is 0 Å². The zero-order valence-electron chi connectivity index (χ0n) is 14.8. The lowest BCUT2D eigenvalue weighted by Crippen LogP contribution is -2.36. The third-order valence-corrected chi connectivity index (χ3v) is 5.49. The van der Waals surface area contributed by atoms with Crippen molar-refractivity contribution in [3.63, 3.8) is 0 Å². The van der Waals surface area contributed by atoms with Gasteiger partial charge in [0.1, 0.15) is 5.82 Å². The van der Waals surface area contributed by atoms with Gasteiger partial charge in [-0.25, -0.2) is 4.98 Å². The second-order valence-corrected chi connectivity index (χ2v) is 7.22. The van der Waals surface area contributed by atoms with Crippen molar-refractivity contribution in [3.8, 4) is 0 Å². The average Bonchev–Trinajstić information content (AvgIpc) is 2.89. The lowest BCUT2D eigenvalue weighted by Gasteiger charge is -2.38. The van der Waals surface area contributed by atoms with Crippen molar-refractivity contribution in [2.75, 3.05) is 31.1 Å². The number of pyridine rings is 1. The molecular formula is C20H33N3. The molecule has 0 aliphatic carbocycles. The number of aromatic nitrogens is 1. The molecule has 2 aliphatic heterocycles. The summed E-state index contributed by atoms with van der Waals surface area (Å²) in [6.07, 6.45) is 14.0. The van der Waals surface area contributed by atoms with E-state index in [0.717, 1.165) is 0 Å². The molecule has 0 spiro atoms. The zero-order chi connectivity index (χ0) is 15.9. The summed E-state index contributed by atoms with van der Waals surface area (Å²) in [5, 5.41) is 0. The standard InChI is InChI=1S/C20H33N3/c1-2-3-14-22-15-9-6-12-19(22)18-11-10-13-21-20(18)23-16-7-4-5-8-17-23/h10-11,13,19H,2-9,12,14-17H2,1H3/t19-/m0/s1. The van der Waals surface area contributed by atoms with Crippen molar-refractivity contribution in [2.24, 2.45) is 0 Å². The van der Waals surface area contributed by atoms with Crippen molar-refractivity contribution >= 4 is 5.82 Å². The van der Waals surface area contributed by atoms with E-state index in [1.807, 2.05) is 6.20 Å². The number of rotatable bonds is 5. The quantitative estimate of drug-likeness (QED) is 0.779. The van der Waals surface area contributed by atoms with Crippen LogP contribution in [-0.2, 0) is 0 Å². The van der Waals surface area contributed by atoms with E-state index < -0.39 is 0 Å². The lowest BCUT2D eigenvalue weighted by molar-refractivity contribution is 0.146. The minimum Gasteiger partial charge on any atom is -0.356 e. The summed E-state index contributed by atoms with van der Waals surface area (Å²) >= 11 is 0. The topological polar surface area (TPSA) is 19.4 Å². The molecule has 3 nitrogen and oxygen atoms in total. The summed E-state index contributed by atoms with van der Waals surface area (Å²) in [6.45, 7) is 7.18. The summed E-state index contributed by atoms with van der Waals surface area (Å²) in [4.78, 5) is 10.1. The first-order valence-electron chi connectivity index (χ1n) is 9.84. The van der Waals surface area contributed by atoms with Crippen LogP contribution in [0.4, 0.5) is 5.82 Å². The van der Waals surface area contributed by atoms with Gasteiger partial charge in [0.15, 0.2) is 0 Å². The molecule has 0 amide bonds. The van der Waals surface area contributed by atoms with E-state index in [-0.39, 0.29) is 0 Å². The van der Waals surface area contributed by atoms with Crippen LogP contribution in [0.2, 0.25) is 0 Å². The smallest absolute Gasteiger partial charge is 0.133 e. The van der Waals surface area contributed by atoms with Gasteiger partial charge in [0.2, 0.25) is 0 Å². The van der Waals surface area contributed by atoms with Crippen LogP contribution in [0.3, 0.4) is 0 Å². The molecule has 2 fully saturated rings. The summed E-state index contributed by atoms with van der Waals surface area (Å²) in [6, 6.07) is 5.08. The van der Waals surface area contributed by atoms with Crippen LogP contribution >= 0.6 is 0 Å². The summed E-state index contributed by atoms with van der Waals surface area (Å²) in [7, 11) is 0. The van der Waals surface area contributed by atoms with E-state index in [1.54, 1.807) is 0 Å². The number of hydrogen-bond donors (Lipinski definition) is 0. The molecule has 0 unspecified atom stereocenters. The van der Waals surface area contributed by atoms with E-state index >= 15 is 0 Å². The van der Waals surface area contributed by atoms with Gasteiger partial charge < -0.3 is 4.90 Å². The number of likely N-dealkylation sites (tertiary alicyclic amines) is 1. The van der Waals surface area contributed by atoms with E-state index in [2.05, 4.69) is 28.9 Å². The van der Waals surface area contributed by atoms with Crippen LogP contribution in [0.15, 0.2) is 18.3 Å². The van der Waals surface area contributed by atoms with Gasteiger partial charge in [0.05, 0.1) is 0 Å². The highest BCUT2D eigenvalue weighted by Crippen LogP contribution is 2.36. The fourth-order valence-electron chi connectivity index (χ4n) is 4.19. The Morgan fingerprint density at radius 3 is 2.61 bits per heavy atom. The predicted molar refractivity (Wildman–Crippen MR) is 98.0 cm³/mol. The van der Waals surface area contributed by atoms with Gasteiger partial charge >= 0.3 is 0 Å². The predicted octanol–water partition coefficient (Wildman–Crippen LogP) is 4.79. The molecule has 0 aromatic carbocycles. The fraction of sp³-hybridized carbons (Fsp3) is 0.750. The van der Waals surface area contributed by atoms with Gasteiger partial charge in [0.25, 0.3) is 0 Å². The maximum absolute atomic E-state index is 4.83. The Morgan fingerprint density at radius 1 is 1.04 bits per heavy atom. The maximum atomic E-state index is 4.83. The van der Waals surface area contributed by atoms with Crippen LogP contribution in [0.25, 0.3) is 0 Å². The molecule has 23 heavy (non-hydrogen) atoms. The Hall–Kier alpha value is -1.09. The monoisotopic (exact) mass is 315 g/mol.